The Balaban J connectivity index is 2.95. The summed E-state index contributed by atoms with van der Waals surface area (Å²) < 4.78 is 23.6. The predicted molar refractivity (Wildman–Crippen MR) is 50.0 cm³/mol. The Hall–Kier alpha value is -1.77. The summed E-state index contributed by atoms with van der Waals surface area (Å²) >= 11 is 0. The number of aromatic nitrogens is 5. The summed E-state index contributed by atoms with van der Waals surface area (Å²) in [4.78, 5) is 17.3. The maximum atomic E-state index is 11.4. The Bertz CT molecular complexity index is 682. The molecule has 0 atom stereocenters. The van der Waals surface area contributed by atoms with Gasteiger partial charge in [0.1, 0.15) is 0 Å². The van der Waals surface area contributed by atoms with E-state index in [9.17, 15) is 13.2 Å². The van der Waals surface area contributed by atoms with Crippen molar-refractivity contribution >= 4 is 21.0 Å². The molecule has 0 aliphatic rings. The summed E-state index contributed by atoms with van der Waals surface area (Å²) in [6.45, 7) is 0. The molecule has 0 bridgehead atoms. The molecule has 0 saturated carbocycles. The van der Waals surface area contributed by atoms with Crippen molar-refractivity contribution in [2.75, 3.05) is 6.26 Å². The van der Waals surface area contributed by atoms with Crippen molar-refractivity contribution in [2.24, 2.45) is 7.05 Å². The van der Waals surface area contributed by atoms with Crippen LogP contribution in [-0.4, -0.2) is 39.6 Å². The minimum absolute atomic E-state index is 0.0184. The lowest BCUT2D eigenvalue weighted by molar-refractivity contribution is 0.592. The second-order valence-electron chi connectivity index (χ2n) is 3.03. The number of aromatic amines is 1. The van der Waals surface area contributed by atoms with E-state index in [4.69, 9.17) is 0 Å². The smallest absolute Gasteiger partial charge is 0.281 e. The van der Waals surface area contributed by atoms with E-state index in [2.05, 4.69) is 20.3 Å². The Morgan fingerprint density at radius 1 is 1.40 bits per heavy atom. The number of hydrogen-bond acceptors (Lipinski definition) is 6. The van der Waals surface area contributed by atoms with Gasteiger partial charge in [-0.3, -0.25) is 9.78 Å². The quantitative estimate of drug-likeness (QED) is 0.593. The number of sulfone groups is 1. The Morgan fingerprint density at radius 3 is 2.67 bits per heavy atom. The highest BCUT2D eigenvalue weighted by molar-refractivity contribution is 7.90. The fourth-order valence-corrected chi connectivity index (χ4v) is 1.61. The van der Waals surface area contributed by atoms with Crippen LogP contribution in [0.4, 0.5) is 0 Å². The predicted octanol–water partition coefficient (Wildman–Crippen LogP) is -1.54. The number of rotatable bonds is 1. The van der Waals surface area contributed by atoms with Gasteiger partial charge in [0.25, 0.3) is 5.56 Å². The van der Waals surface area contributed by atoms with Crippen molar-refractivity contribution < 1.29 is 8.42 Å². The first kappa shape index (κ1) is 9.77. The first-order chi connectivity index (χ1) is 6.89. The molecule has 8 nitrogen and oxygen atoms in total. The van der Waals surface area contributed by atoms with Crippen LogP contribution in [0.25, 0.3) is 11.2 Å². The highest BCUT2D eigenvalue weighted by Crippen LogP contribution is 2.04. The van der Waals surface area contributed by atoms with E-state index in [1.54, 1.807) is 0 Å². The molecule has 15 heavy (non-hydrogen) atoms. The fourth-order valence-electron chi connectivity index (χ4n) is 1.08. The Morgan fingerprint density at radius 2 is 2.07 bits per heavy atom. The van der Waals surface area contributed by atoms with Gasteiger partial charge >= 0.3 is 0 Å². The molecule has 1 N–H and O–H groups in total. The van der Waals surface area contributed by atoms with E-state index >= 15 is 0 Å². The van der Waals surface area contributed by atoms with E-state index in [0.717, 1.165) is 6.26 Å². The third-order valence-electron chi connectivity index (χ3n) is 1.79. The maximum absolute atomic E-state index is 11.4. The summed E-state index contributed by atoms with van der Waals surface area (Å²) in [6, 6.07) is 0. The largest absolute Gasteiger partial charge is 0.295 e. The van der Waals surface area contributed by atoms with Gasteiger partial charge in [-0.25, -0.2) is 13.1 Å². The molecular formula is C6H7N5O3S. The molecular weight excluding hydrogens is 222 g/mol. The van der Waals surface area contributed by atoms with Crippen molar-refractivity contribution in [3.05, 3.63) is 10.4 Å². The zero-order valence-corrected chi connectivity index (χ0v) is 8.74. The summed E-state index contributed by atoms with van der Waals surface area (Å²) in [5, 5.41) is 6.74. The number of hydrogen-bond donors (Lipinski definition) is 1. The molecule has 2 aromatic rings. The second kappa shape index (κ2) is 2.86. The molecule has 0 aliphatic carbocycles. The number of aryl methyl sites for hydroxylation is 1. The molecule has 0 unspecified atom stereocenters. The van der Waals surface area contributed by atoms with Crippen molar-refractivity contribution in [1.29, 1.82) is 0 Å². The fraction of sp³-hybridized carbons (Fsp3) is 0.333. The third-order valence-corrected chi connectivity index (χ3v) is 2.69. The molecule has 0 amide bonds. The van der Waals surface area contributed by atoms with E-state index in [-0.39, 0.29) is 16.3 Å². The van der Waals surface area contributed by atoms with Crippen LogP contribution in [0.15, 0.2) is 9.95 Å². The number of nitrogens with zero attached hydrogens (tertiary/aromatic N) is 4. The van der Waals surface area contributed by atoms with Crippen molar-refractivity contribution in [3.63, 3.8) is 0 Å². The van der Waals surface area contributed by atoms with Gasteiger partial charge in [-0.1, -0.05) is 5.21 Å². The van der Waals surface area contributed by atoms with Gasteiger partial charge in [-0.2, -0.15) is 4.98 Å². The zero-order valence-electron chi connectivity index (χ0n) is 7.92. The van der Waals surface area contributed by atoms with Gasteiger partial charge in [-0.15, -0.1) is 5.10 Å². The molecule has 0 saturated heterocycles. The lowest BCUT2D eigenvalue weighted by Crippen LogP contribution is -2.15. The Labute approximate surface area is 83.9 Å². The molecule has 0 radical (unpaired) electrons. The maximum Gasteiger partial charge on any atom is 0.281 e. The SMILES string of the molecule is Cn1nnc2c(=O)[nH]c(S(C)(=O)=O)nc21. The molecule has 80 valence electrons. The second-order valence-corrected chi connectivity index (χ2v) is 4.96. The molecule has 2 aromatic heterocycles. The minimum atomic E-state index is -3.55. The Kier molecular flexibility index (Phi) is 1.86. The van der Waals surface area contributed by atoms with Crippen LogP contribution in [-0.2, 0) is 16.9 Å². The summed E-state index contributed by atoms with van der Waals surface area (Å²) in [7, 11) is -2.03. The molecule has 0 spiro atoms. The summed E-state index contributed by atoms with van der Waals surface area (Å²) in [5.74, 6) is 0. The molecule has 9 heteroatoms. The van der Waals surface area contributed by atoms with Gasteiger partial charge in [0.2, 0.25) is 15.0 Å². The number of nitrogens with one attached hydrogen (secondary N) is 1. The van der Waals surface area contributed by atoms with Gasteiger partial charge in [0.15, 0.2) is 11.2 Å². The molecule has 0 fully saturated rings. The van der Waals surface area contributed by atoms with Crippen molar-refractivity contribution in [2.45, 2.75) is 5.16 Å². The van der Waals surface area contributed by atoms with Crippen LogP contribution < -0.4 is 5.56 Å². The third kappa shape index (κ3) is 1.50. The van der Waals surface area contributed by atoms with E-state index in [1.807, 2.05) is 0 Å². The number of H-pyrrole nitrogens is 1. The van der Waals surface area contributed by atoms with Crippen LogP contribution in [0.3, 0.4) is 0 Å². The highest BCUT2D eigenvalue weighted by Gasteiger charge is 2.15. The molecule has 0 aromatic carbocycles. The van der Waals surface area contributed by atoms with Crippen LogP contribution >= 0.6 is 0 Å². The van der Waals surface area contributed by atoms with E-state index in [0.29, 0.717) is 0 Å². The van der Waals surface area contributed by atoms with Crippen molar-refractivity contribution in [3.8, 4) is 0 Å². The van der Waals surface area contributed by atoms with Crippen molar-refractivity contribution in [1.82, 2.24) is 25.0 Å². The number of fused-ring (bicyclic) bond motifs is 1. The first-order valence-corrected chi connectivity index (χ1v) is 5.78. The normalized spacial score (nSPS) is 12.1. The monoisotopic (exact) mass is 229 g/mol. The first-order valence-electron chi connectivity index (χ1n) is 3.89. The standard InChI is InChI=1S/C6H7N5O3S/c1-11-4-3(9-10-11)5(12)8-6(7-4)15(2,13)14/h1-2H3,(H,7,8,12). The van der Waals surface area contributed by atoms with Gasteiger partial charge in [0, 0.05) is 13.3 Å². The molecule has 2 heterocycles. The van der Waals surface area contributed by atoms with Crippen LogP contribution in [0, 0.1) is 0 Å². The lowest BCUT2D eigenvalue weighted by Gasteiger charge is -1.96. The van der Waals surface area contributed by atoms with Crippen LogP contribution in [0.5, 0.6) is 0 Å². The van der Waals surface area contributed by atoms with Gasteiger partial charge in [0.05, 0.1) is 0 Å². The average molecular weight is 229 g/mol. The molecule has 0 aliphatic heterocycles. The summed E-state index contributed by atoms with van der Waals surface area (Å²) in [6.07, 6.45) is 0.959. The lowest BCUT2D eigenvalue weighted by atomic mass is 10.5. The topological polar surface area (TPSA) is 111 Å². The zero-order chi connectivity index (χ0) is 11.2. The summed E-state index contributed by atoms with van der Waals surface area (Å²) in [5.41, 5.74) is -0.461. The highest BCUT2D eigenvalue weighted by atomic mass is 32.2. The van der Waals surface area contributed by atoms with E-state index < -0.39 is 15.4 Å². The average Bonchev–Trinajstić information content (AvgIpc) is 2.47. The van der Waals surface area contributed by atoms with Gasteiger partial charge < -0.3 is 0 Å². The molecule has 2 rings (SSSR count). The minimum Gasteiger partial charge on any atom is -0.295 e. The van der Waals surface area contributed by atoms with E-state index in [1.165, 1.54) is 11.7 Å². The van der Waals surface area contributed by atoms with Crippen LogP contribution in [0.2, 0.25) is 0 Å². The van der Waals surface area contributed by atoms with Gasteiger partial charge in [-0.05, 0) is 0 Å². The van der Waals surface area contributed by atoms with Crippen LogP contribution in [0.1, 0.15) is 0 Å².